The minimum Gasteiger partial charge on any atom is -0.456 e. The molecule has 3 aromatic rings. The Hall–Kier alpha value is -3.40. The van der Waals surface area contributed by atoms with Crippen LogP contribution >= 0.6 is 0 Å². The lowest BCUT2D eigenvalue weighted by Crippen LogP contribution is -2.58. The molecule has 4 nitrogen and oxygen atoms in total. The molecule has 1 heterocycles. The van der Waals surface area contributed by atoms with Gasteiger partial charge in [0.1, 0.15) is 5.60 Å². The molecular weight excluding hydrogens is 398 g/mol. The monoisotopic (exact) mass is 427 g/mol. The summed E-state index contributed by atoms with van der Waals surface area (Å²) < 4.78 is 6.16. The van der Waals surface area contributed by atoms with Crippen molar-refractivity contribution in [3.8, 4) is 0 Å². The Labute approximate surface area is 189 Å². The maximum Gasteiger partial charge on any atom is 0.337 e. The number of aryl methyl sites for hydroxylation is 1. The second-order valence-electron chi connectivity index (χ2n) is 8.71. The molecule has 0 aromatic heterocycles. The van der Waals surface area contributed by atoms with E-state index in [0.717, 1.165) is 17.8 Å². The van der Waals surface area contributed by atoms with Crippen LogP contribution in [0.15, 0.2) is 91.0 Å². The fraction of sp³-hybridized carbons (Fsp3) is 0.286. The van der Waals surface area contributed by atoms with Gasteiger partial charge in [-0.15, -0.1) is 0 Å². The van der Waals surface area contributed by atoms with Crippen molar-refractivity contribution in [2.24, 2.45) is 5.92 Å². The fourth-order valence-corrected chi connectivity index (χ4v) is 4.44. The lowest BCUT2D eigenvalue weighted by molar-refractivity contribution is -0.179. The molecule has 1 saturated heterocycles. The van der Waals surface area contributed by atoms with Crippen molar-refractivity contribution in [2.75, 3.05) is 4.90 Å². The Bertz CT molecular complexity index is 990. The largest absolute Gasteiger partial charge is 0.456 e. The summed E-state index contributed by atoms with van der Waals surface area (Å²) in [7, 11) is 0. The van der Waals surface area contributed by atoms with Crippen molar-refractivity contribution in [3.05, 3.63) is 96.6 Å². The number of benzene rings is 3. The quantitative estimate of drug-likeness (QED) is 0.356. The summed E-state index contributed by atoms with van der Waals surface area (Å²) in [6.45, 7) is 4.05. The van der Waals surface area contributed by atoms with Gasteiger partial charge in [-0.2, -0.15) is 0 Å². The van der Waals surface area contributed by atoms with E-state index in [2.05, 4.69) is 12.1 Å². The first kappa shape index (κ1) is 21.8. The van der Waals surface area contributed by atoms with Gasteiger partial charge in [-0.05, 0) is 48.6 Å². The SMILES string of the molecule is CC(C)C1(CCc2ccccc2)CC(=O)C(N(c2ccccc2)c2ccccc2)C(=O)O1. The third kappa shape index (κ3) is 4.45. The van der Waals surface area contributed by atoms with E-state index < -0.39 is 17.6 Å². The highest BCUT2D eigenvalue weighted by Crippen LogP contribution is 2.39. The lowest BCUT2D eigenvalue weighted by atomic mass is 9.77. The topological polar surface area (TPSA) is 46.6 Å². The number of carbonyl (C=O) groups is 2. The van der Waals surface area contributed by atoms with E-state index in [4.69, 9.17) is 4.74 Å². The number of ketones is 1. The average molecular weight is 428 g/mol. The number of ether oxygens (including phenoxy) is 1. The molecule has 2 atom stereocenters. The highest BCUT2D eigenvalue weighted by atomic mass is 16.6. The maximum atomic E-state index is 13.6. The number of hydrogen-bond donors (Lipinski definition) is 0. The third-order valence-corrected chi connectivity index (χ3v) is 6.36. The van der Waals surface area contributed by atoms with Crippen LogP contribution in [0.2, 0.25) is 0 Å². The van der Waals surface area contributed by atoms with Crippen molar-refractivity contribution in [1.29, 1.82) is 0 Å². The van der Waals surface area contributed by atoms with Crippen LogP contribution in [0.1, 0.15) is 32.3 Å². The van der Waals surface area contributed by atoms with Gasteiger partial charge in [0.25, 0.3) is 0 Å². The molecule has 1 aliphatic heterocycles. The minimum absolute atomic E-state index is 0.0296. The fourth-order valence-electron chi connectivity index (χ4n) is 4.44. The predicted molar refractivity (Wildman–Crippen MR) is 127 cm³/mol. The van der Waals surface area contributed by atoms with Gasteiger partial charge < -0.3 is 9.64 Å². The molecule has 3 aromatic carbocycles. The number of Topliss-reactive ketones (excluding diaryl/α,β-unsaturated/α-hetero) is 1. The first-order valence-corrected chi connectivity index (χ1v) is 11.2. The van der Waals surface area contributed by atoms with Crippen molar-refractivity contribution in [3.63, 3.8) is 0 Å². The summed E-state index contributed by atoms with van der Waals surface area (Å²) in [4.78, 5) is 28.8. The van der Waals surface area contributed by atoms with Crippen LogP contribution in [-0.2, 0) is 20.7 Å². The van der Waals surface area contributed by atoms with E-state index in [9.17, 15) is 9.59 Å². The van der Waals surface area contributed by atoms with Gasteiger partial charge in [0, 0.05) is 17.8 Å². The summed E-state index contributed by atoms with van der Waals surface area (Å²) in [5.74, 6) is -0.548. The standard InChI is InChI=1S/C28H29NO3/c1-21(2)28(19-18-22-12-6-3-7-13-22)20-25(30)26(27(31)32-28)29(23-14-8-4-9-15-23)24-16-10-5-11-17-24/h3-17,21,26H,18-20H2,1-2H3. The minimum atomic E-state index is -0.997. The first-order chi connectivity index (χ1) is 15.5. The van der Waals surface area contributed by atoms with E-state index in [1.165, 1.54) is 5.56 Å². The number of esters is 1. The van der Waals surface area contributed by atoms with Crippen LogP contribution in [0.3, 0.4) is 0 Å². The van der Waals surface area contributed by atoms with E-state index >= 15 is 0 Å². The average Bonchev–Trinajstić information content (AvgIpc) is 2.82. The number of rotatable bonds is 7. The van der Waals surface area contributed by atoms with Gasteiger partial charge in [-0.3, -0.25) is 4.79 Å². The molecule has 4 heteroatoms. The lowest BCUT2D eigenvalue weighted by Gasteiger charge is -2.44. The zero-order valence-electron chi connectivity index (χ0n) is 18.6. The number of anilines is 2. The molecule has 32 heavy (non-hydrogen) atoms. The Morgan fingerprint density at radius 2 is 1.34 bits per heavy atom. The van der Waals surface area contributed by atoms with Crippen LogP contribution in [0.4, 0.5) is 11.4 Å². The van der Waals surface area contributed by atoms with Crippen LogP contribution in [0.25, 0.3) is 0 Å². The Morgan fingerprint density at radius 3 is 1.81 bits per heavy atom. The number of nitrogens with zero attached hydrogens (tertiary/aromatic N) is 1. The van der Waals surface area contributed by atoms with Crippen LogP contribution in [-0.4, -0.2) is 23.4 Å². The Balaban J connectivity index is 1.64. The van der Waals surface area contributed by atoms with Gasteiger partial charge in [0.05, 0.1) is 0 Å². The summed E-state index contributed by atoms with van der Waals surface area (Å²) >= 11 is 0. The predicted octanol–water partition coefficient (Wildman–Crippen LogP) is 5.74. The Morgan fingerprint density at radius 1 is 0.844 bits per heavy atom. The van der Waals surface area contributed by atoms with Gasteiger partial charge in [-0.25, -0.2) is 4.79 Å². The normalized spacial score (nSPS) is 20.8. The van der Waals surface area contributed by atoms with Gasteiger partial charge >= 0.3 is 5.97 Å². The number of para-hydroxylation sites is 2. The summed E-state index contributed by atoms with van der Waals surface area (Å²) in [5, 5.41) is 0. The molecule has 0 aliphatic carbocycles. The van der Waals surface area contributed by atoms with Gasteiger partial charge in [0.2, 0.25) is 0 Å². The number of cyclic esters (lactones) is 1. The number of hydrogen-bond acceptors (Lipinski definition) is 4. The van der Waals surface area contributed by atoms with Crippen LogP contribution in [0.5, 0.6) is 0 Å². The Kier molecular flexibility index (Phi) is 6.40. The number of carbonyl (C=O) groups excluding carboxylic acids is 2. The van der Waals surface area contributed by atoms with Crippen molar-refractivity contribution < 1.29 is 14.3 Å². The molecule has 0 bridgehead atoms. The van der Waals surface area contributed by atoms with Crippen LogP contribution < -0.4 is 4.90 Å². The highest BCUT2D eigenvalue weighted by Gasteiger charge is 2.50. The van der Waals surface area contributed by atoms with Crippen molar-refractivity contribution in [2.45, 2.75) is 44.8 Å². The molecule has 0 spiro atoms. The molecular formula is C28H29NO3. The molecule has 2 unspecified atom stereocenters. The molecule has 164 valence electrons. The van der Waals surface area contributed by atoms with E-state index in [-0.39, 0.29) is 18.1 Å². The summed E-state index contributed by atoms with van der Waals surface area (Å²) in [6.07, 6.45) is 1.59. The highest BCUT2D eigenvalue weighted by molar-refractivity contribution is 6.09. The molecule has 1 fully saturated rings. The molecule has 0 radical (unpaired) electrons. The molecule has 0 amide bonds. The molecule has 0 N–H and O–H groups in total. The van der Waals surface area contributed by atoms with Crippen LogP contribution in [0, 0.1) is 5.92 Å². The molecule has 0 saturated carbocycles. The molecule has 1 aliphatic rings. The first-order valence-electron chi connectivity index (χ1n) is 11.2. The summed E-state index contributed by atoms with van der Waals surface area (Å²) in [5.41, 5.74) is 1.96. The van der Waals surface area contributed by atoms with E-state index in [0.29, 0.717) is 6.42 Å². The smallest absolute Gasteiger partial charge is 0.337 e. The van der Waals surface area contributed by atoms with Crippen molar-refractivity contribution >= 4 is 23.1 Å². The second kappa shape index (κ2) is 9.39. The van der Waals surface area contributed by atoms with E-state index in [1.54, 1.807) is 4.90 Å². The maximum absolute atomic E-state index is 13.6. The third-order valence-electron chi connectivity index (χ3n) is 6.36. The zero-order valence-corrected chi connectivity index (χ0v) is 18.6. The van der Waals surface area contributed by atoms with Crippen molar-refractivity contribution in [1.82, 2.24) is 0 Å². The van der Waals surface area contributed by atoms with Gasteiger partial charge in [0.15, 0.2) is 11.8 Å². The van der Waals surface area contributed by atoms with E-state index in [1.807, 2.05) is 92.7 Å². The second-order valence-corrected chi connectivity index (χ2v) is 8.71. The zero-order chi connectivity index (χ0) is 22.6. The molecule has 4 rings (SSSR count). The van der Waals surface area contributed by atoms with Gasteiger partial charge in [-0.1, -0.05) is 80.6 Å². The summed E-state index contributed by atoms with van der Waals surface area (Å²) in [6, 6.07) is 28.2.